The van der Waals surface area contributed by atoms with Crippen molar-refractivity contribution < 1.29 is 23.1 Å². The Morgan fingerprint density at radius 1 is 1.10 bits per heavy atom. The standard InChI is InChI=1S/C21H24N2O5S/c1-15-3-2-4-16(13-15)14-29(27,28)23-11-9-17(10-12-23)20(24)22-19-7-5-18(6-8-19)21(25)26/h2-8,13,17H,9-12,14H2,1H3,(H,22,24)(H,25,26). The molecule has 0 radical (unpaired) electrons. The molecule has 1 amide bonds. The smallest absolute Gasteiger partial charge is 0.335 e. The van der Waals surface area contributed by atoms with Crippen molar-refractivity contribution in [3.63, 3.8) is 0 Å². The Hall–Kier alpha value is -2.71. The first-order chi connectivity index (χ1) is 13.7. The zero-order valence-corrected chi connectivity index (χ0v) is 17.0. The van der Waals surface area contributed by atoms with Crippen molar-refractivity contribution in [2.45, 2.75) is 25.5 Å². The molecule has 0 unspecified atom stereocenters. The zero-order valence-electron chi connectivity index (χ0n) is 16.2. The van der Waals surface area contributed by atoms with E-state index in [1.165, 1.54) is 16.4 Å². The minimum Gasteiger partial charge on any atom is -0.478 e. The maximum Gasteiger partial charge on any atom is 0.335 e. The van der Waals surface area contributed by atoms with Gasteiger partial charge in [0.2, 0.25) is 15.9 Å². The van der Waals surface area contributed by atoms with E-state index < -0.39 is 16.0 Å². The monoisotopic (exact) mass is 416 g/mol. The van der Waals surface area contributed by atoms with Crippen molar-refractivity contribution in [3.05, 3.63) is 65.2 Å². The molecule has 8 heteroatoms. The average molecular weight is 416 g/mol. The predicted molar refractivity (Wildman–Crippen MR) is 110 cm³/mol. The molecule has 1 saturated heterocycles. The number of aryl methyl sites for hydroxylation is 1. The van der Waals surface area contributed by atoms with Gasteiger partial charge in [-0.15, -0.1) is 0 Å². The van der Waals surface area contributed by atoms with E-state index in [9.17, 15) is 18.0 Å². The summed E-state index contributed by atoms with van der Waals surface area (Å²) < 4.78 is 26.9. The van der Waals surface area contributed by atoms with Gasteiger partial charge in [0.25, 0.3) is 0 Å². The SMILES string of the molecule is Cc1cccc(CS(=O)(=O)N2CCC(C(=O)Nc3ccc(C(=O)O)cc3)CC2)c1. The molecule has 154 valence electrons. The maximum atomic E-state index is 12.7. The number of nitrogens with zero attached hydrogens (tertiary/aromatic N) is 1. The first kappa shape index (κ1) is 21.0. The fraction of sp³-hybridized carbons (Fsp3) is 0.333. The van der Waals surface area contributed by atoms with E-state index in [2.05, 4.69) is 5.32 Å². The number of nitrogens with one attached hydrogen (secondary N) is 1. The lowest BCUT2D eigenvalue weighted by Gasteiger charge is -2.30. The van der Waals surface area contributed by atoms with Crippen LogP contribution < -0.4 is 5.32 Å². The van der Waals surface area contributed by atoms with E-state index in [-0.39, 0.29) is 23.1 Å². The minimum absolute atomic E-state index is 0.0402. The number of carboxylic acids is 1. The number of rotatable bonds is 6. The lowest BCUT2D eigenvalue weighted by Crippen LogP contribution is -2.41. The van der Waals surface area contributed by atoms with Crippen molar-refractivity contribution in [2.75, 3.05) is 18.4 Å². The Bertz CT molecular complexity index is 994. The van der Waals surface area contributed by atoms with Crippen LogP contribution >= 0.6 is 0 Å². The highest BCUT2D eigenvalue weighted by molar-refractivity contribution is 7.88. The van der Waals surface area contributed by atoms with E-state index >= 15 is 0 Å². The van der Waals surface area contributed by atoms with Crippen molar-refractivity contribution in [1.82, 2.24) is 4.31 Å². The number of carbonyl (C=O) groups is 2. The van der Waals surface area contributed by atoms with E-state index in [1.54, 1.807) is 18.2 Å². The molecule has 0 spiro atoms. The molecular weight excluding hydrogens is 392 g/mol. The summed E-state index contributed by atoms with van der Waals surface area (Å²) in [7, 11) is -3.43. The molecule has 0 atom stereocenters. The molecule has 0 aromatic heterocycles. The van der Waals surface area contributed by atoms with E-state index in [1.807, 2.05) is 25.1 Å². The van der Waals surface area contributed by atoms with Crippen molar-refractivity contribution in [2.24, 2.45) is 5.92 Å². The predicted octanol–water partition coefficient (Wildman–Crippen LogP) is 2.87. The number of hydrogen-bond acceptors (Lipinski definition) is 4. The Morgan fingerprint density at radius 3 is 2.34 bits per heavy atom. The molecule has 1 heterocycles. The Balaban J connectivity index is 1.55. The summed E-state index contributed by atoms with van der Waals surface area (Å²) in [6.45, 7) is 2.55. The van der Waals surface area contributed by atoms with Crippen LogP contribution in [0.1, 0.15) is 34.3 Å². The van der Waals surface area contributed by atoms with Gasteiger partial charge in [-0.2, -0.15) is 0 Å². The molecule has 2 N–H and O–H groups in total. The van der Waals surface area contributed by atoms with Crippen LogP contribution in [-0.4, -0.2) is 42.8 Å². The number of anilines is 1. The number of aromatic carboxylic acids is 1. The molecule has 7 nitrogen and oxygen atoms in total. The third-order valence-corrected chi connectivity index (χ3v) is 6.90. The van der Waals surface area contributed by atoms with Crippen LogP contribution in [0.25, 0.3) is 0 Å². The lowest BCUT2D eigenvalue weighted by molar-refractivity contribution is -0.120. The van der Waals surface area contributed by atoms with E-state index in [0.29, 0.717) is 31.6 Å². The number of sulfonamides is 1. The zero-order chi connectivity index (χ0) is 21.0. The molecule has 0 bridgehead atoms. The number of carbonyl (C=O) groups excluding carboxylic acids is 1. The third-order valence-electron chi connectivity index (χ3n) is 5.05. The summed E-state index contributed by atoms with van der Waals surface area (Å²) in [6.07, 6.45) is 0.901. The summed E-state index contributed by atoms with van der Waals surface area (Å²) in [5.41, 5.74) is 2.45. The van der Waals surface area contributed by atoms with E-state index in [4.69, 9.17) is 5.11 Å². The molecule has 29 heavy (non-hydrogen) atoms. The number of carboxylic acid groups (broad SMARTS) is 1. The second-order valence-electron chi connectivity index (χ2n) is 7.29. The van der Waals surface area contributed by atoms with Gasteiger partial charge in [0.05, 0.1) is 11.3 Å². The number of amides is 1. The Morgan fingerprint density at radius 2 is 1.76 bits per heavy atom. The quantitative estimate of drug-likeness (QED) is 0.754. The number of benzene rings is 2. The highest BCUT2D eigenvalue weighted by atomic mass is 32.2. The van der Waals surface area contributed by atoms with Gasteiger partial charge in [-0.3, -0.25) is 4.79 Å². The lowest BCUT2D eigenvalue weighted by atomic mass is 9.97. The first-order valence-electron chi connectivity index (χ1n) is 9.42. The molecule has 0 saturated carbocycles. The molecule has 1 fully saturated rings. The molecule has 2 aromatic carbocycles. The largest absolute Gasteiger partial charge is 0.478 e. The first-order valence-corrected chi connectivity index (χ1v) is 11.0. The van der Waals surface area contributed by atoms with Gasteiger partial charge in [0, 0.05) is 24.7 Å². The number of hydrogen-bond donors (Lipinski definition) is 2. The normalized spacial score (nSPS) is 15.8. The van der Waals surface area contributed by atoms with Gasteiger partial charge >= 0.3 is 5.97 Å². The topological polar surface area (TPSA) is 104 Å². The maximum absolute atomic E-state index is 12.7. The van der Waals surface area contributed by atoms with Gasteiger partial charge in [-0.25, -0.2) is 17.5 Å². The molecule has 2 aromatic rings. The summed E-state index contributed by atoms with van der Waals surface area (Å²) in [4.78, 5) is 23.4. The van der Waals surface area contributed by atoms with Gasteiger partial charge in [0.1, 0.15) is 0 Å². The van der Waals surface area contributed by atoms with Crippen molar-refractivity contribution >= 4 is 27.6 Å². The number of piperidine rings is 1. The summed E-state index contributed by atoms with van der Waals surface area (Å²) in [6, 6.07) is 13.4. The molecule has 1 aliphatic heterocycles. The van der Waals surface area contributed by atoms with Gasteiger partial charge in [0.15, 0.2) is 0 Å². The van der Waals surface area contributed by atoms with Crippen molar-refractivity contribution in [1.29, 1.82) is 0 Å². The van der Waals surface area contributed by atoms with E-state index in [0.717, 1.165) is 11.1 Å². The average Bonchev–Trinajstić information content (AvgIpc) is 2.68. The van der Waals surface area contributed by atoms with Crippen LogP contribution in [0.3, 0.4) is 0 Å². The molecule has 3 rings (SSSR count). The second kappa shape index (κ2) is 8.75. The Labute approximate surface area is 170 Å². The van der Waals surface area contributed by atoms with Crippen LogP contribution in [-0.2, 0) is 20.6 Å². The molecule has 1 aliphatic rings. The van der Waals surface area contributed by atoms with Gasteiger partial charge < -0.3 is 10.4 Å². The van der Waals surface area contributed by atoms with Crippen LogP contribution in [0.2, 0.25) is 0 Å². The summed E-state index contributed by atoms with van der Waals surface area (Å²) >= 11 is 0. The second-order valence-corrected chi connectivity index (χ2v) is 9.26. The third kappa shape index (κ3) is 5.42. The van der Waals surface area contributed by atoms with Gasteiger partial charge in [-0.05, 0) is 49.6 Å². The van der Waals surface area contributed by atoms with Crippen LogP contribution in [0.15, 0.2) is 48.5 Å². The van der Waals surface area contributed by atoms with Crippen molar-refractivity contribution in [3.8, 4) is 0 Å². The van der Waals surface area contributed by atoms with Crippen LogP contribution in [0, 0.1) is 12.8 Å². The fourth-order valence-electron chi connectivity index (χ4n) is 3.44. The summed E-state index contributed by atoms with van der Waals surface area (Å²) in [5.74, 6) is -1.52. The van der Waals surface area contributed by atoms with Gasteiger partial charge in [-0.1, -0.05) is 29.8 Å². The van der Waals surface area contributed by atoms with Crippen LogP contribution in [0.5, 0.6) is 0 Å². The molecule has 0 aliphatic carbocycles. The summed E-state index contributed by atoms with van der Waals surface area (Å²) in [5, 5.41) is 11.7. The Kier molecular flexibility index (Phi) is 6.34. The highest BCUT2D eigenvalue weighted by Gasteiger charge is 2.31. The minimum atomic E-state index is -3.43. The molecular formula is C21H24N2O5S. The fourth-order valence-corrected chi connectivity index (χ4v) is 4.99. The highest BCUT2D eigenvalue weighted by Crippen LogP contribution is 2.23. The van der Waals surface area contributed by atoms with Crippen LogP contribution in [0.4, 0.5) is 5.69 Å².